The summed E-state index contributed by atoms with van der Waals surface area (Å²) in [5.41, 5.74) is 2.05. The van der Waals surface area contributed by atoms with Crippen molar-refractivity contribution in [1.82, 2.24) is 20.6 Å². The van der Waals surface area contributed by atoms with Gasteiger partial charge in [0, 0.05) is 25.8 Å². The number of nitrogens with one attached hydrogen (secondary N) is 2. The second kappa shape index (κ2) is 5.65. The molecule has 2 N–H and O–H groups in total. The topological polar surface area (TPSA) is 73.9 Å². The smallest absolute Gasteiger partial charge is 0.274 e. The third kappa shape index (κ3) is 2.44. The standard InChI is InChI=1S/C16H22N4O3/c1-2-11-7-13-17-14-12(15(21)20(13)18-11)9-19(16(14)22)8-10-3-5-23-6-4-10/h7,10-11,17-18H,2-6,8-9H2,1H3/i/hD. The maximum atomic E-state index is 12.8. The van der Waals surface area contributed by atoms with E-state index in [0.29, 0.717) is 36.1 Å². The Kier molecular flexibility index (Phi) is 3.33. The van der Waals surface area contributed by atoms with Gasteiger partial charge in [-0.3, -0.25) is 9.59 Å². The molecule has 1 unspecified atom stereocenters. The highest BCUT2D eigenvalue weighted by Gasteiger charge is 2.43. The molecule has 4 heterocycles. The van der Waals surface area contributed by atoms with Gasteiger partial charge in [0.1, 0.15) is 12.9 Å². The lowest BCUT2D eigenvalue weighted by molar-refractivity contribution is -0.129. The molecule has 1 atom stereocenters. The van der Waals surface area contributed by atoms with Crippen LogP contribution in [0, 0.1) is 5.92 Å². The summed E-state index contributed by atoms with van der Waals surface area (Å²) >= 11 is 0. The van der Waals surface area contributed by atoms with Gasteiger partial charge in [0.25, 0.3) is 11.8 Å². The van der Waals surface area contributed by atoms with Gasteiger partial charge in [-0.25, -0.2) is 10.4 Å². The first kappa shape index (κ1) is 13.6. The van der Waals surface area contributed by atoms with Crippen LogP contribution in [0.2, 0.25) is 1.41 Å². The number of fused-ring (bicyclic) bond motifs is 1. The second-order valence-corrected chi connectivity index (χ2v) is 6.48. The van der Waals surface area contributed by atoms with Crippen molar-refractivity contribution in [2.75, 3.05) is 26.3 Å². The Balaban J connectivity index is 1.52. The molecule has 1 fully saturated rings. The molecule has 0 spiro atoms. The van der Waals surface area contributed by atoms with Crippen molar-refractivity contribution in [3.8, 4) is 0 Å². The van der Waals surface area contributed by atoms with Crippen molar-refractivity contribution >= 4 is 11.8 Å². The largest absolute Gasteiger partial charge is 0.381 e. The van der Waals surface area contributed by atoms with E-state index in [4.69, 9.17) is 6.15 Å². The molecule has 0 radical (unpaired) electrons. The summed E-state index contributed by atoms with van der Waals surface area (Å²) in [4.78, 5) is 27.2. The molecule has 0 aromatic rings. The highest BCUT2D eigenvalue weighted by atomic mass is 16.5. The van der Waals surface area contributed by atoms with E-state index >= 15 is 0 Å². The molecular formula is C16H22N4O3. The number of hydrazine groups is 1. The second-order valence-electron chi connectivity index (χ2n) is 6.48. The molecule has 4 aliphatic heterocycles. The molecule has 0 aromatic carbocycles. The molecule has 2 amide bonds. The molecule has 1 saturated heterocycles. The number of ether oxygens (including phenoxy) is 1. The fourth-order valence-electron chi connectivity index (χ4n) is 3.53. The van der Waals surface area contributed by atoms with Crippen LogP contribution >= 0.6 is 0 Å². The van der Waals surface area contributed by atoms with E-state index in [1.54, 1.807) is 4.90 Å². The van der Waals surface area contributed by atoms with Crippen LogP contribution in [-0.2, 0) is 14.3 Å². The molecule has 0 aliphatic carbocycles. The summed E-state index contributed by atoms with van der Waals surface area (Å²) in [5.74, 6) is 0.586. The number of nitrogens with zero attached hydrogens (tertiary/aromatic N) is 2. The van der Waals surface area contributed by atoms with Crippen molar-refractivity contribution in [2.45, 2.75) is 32.2 Å². The first-order valence-electron chi connectivity index (χ1n) is 8.76. The summed E-state index contributed by atoms with van der Waals surface area (Å²) in [7, 11) is 0. The normalized spacial score (nSPS) is 29.5. The average Bonchev–Trinajstić information content (AvgIpc) is 3.08. The number of rotatable bonds is 3. The Morgan fingerprint density at radius 2 is 2.13 bits per heavy atom. The Hall–Kier alpha value is -1.86. The van der Waals surface area contributed by atoms with Gasteiger partial charge in [-0.2, -0.15) is 0 Å². The van der Waals surface area contributed by atoms with Crippen LogP contribution < -0.4 is 10.7 Å². The third-order valence-corrected chi connectivity index (χ3v) is 4.94. The van der Waals surface area contributed by atoms with Crippen LogP contribution in [0.3, 0.4) is 0 Å². The van der Waals surface area contributed by atoms with Crippen molar-refractivity contribution in [3.05, 3.63) is 23.2 Å². The van der Waals surface area contributed by atoms with E-state index in [1.807, 2.05) is 13.0 Å². The van der Waals surface area contributed by atoms with Crippen molar-refractivity contribution in [3.63, 3.8) is 0 Å². The molecule has 0 saturated carbocycles. The minimum atomic E-state index is -0.260. The lowest BCUT2D eigenvalue weighted by Crippen LogP contribution is -2.48. The van der Waals surface area contributed by atoms with Gasteiger partial charge in [-0.15, -0.1) is 0 Å². The molecular weight excluding hydrogens is 296 g/mol. The van der Waals surface area contributed by atoms with Gasteiger partial charge < -0.3 is 15.0 Å². The predicted molar refractivity (Wildman–Crippen MR) is 82.4 cm³/mol. The number of hydrogen-bond donors (Lipinski definition) is 2. The Morgan fingerprint density at radius 3 is 2.87 bits per heavy atom. The van der Waals surface area contributed by atoms with Crippen LogP contribution in [0.4, 0.5) is 0 Å². The number of carbonyl (C=O) groups excluding carboxylic acids is 2. The number of hydrogen-bond acceptors (Lipinski definition) is 5. The Morgan fingerprint density at radius 1 is 1.35 bits per heavy atom. The maximum absolute atomic E-state index is 12.8. The van der Waals surface area contributed by atoms with Gasteiger partial charge in [0.05, 0.1) is 12.1 Å². The predicted octanol–water partition coefficient (Wildman–Crippen LogP) is 0.0793. The fourth-order valence-corrected chi connectivity index (χ4v) is 3.53. The first-order valence-corrected chi connectivity index (χ1v) is 8.31. The molecule has 7 nitrogen and oxygen atoms in total. The molecule has 7 heteroatoms. The highest BCUT2D eigenvalue weighted by molar-refractivity contribution is 6.10. The number of amides is 2. The summed E-state index contributed by atoms with van der Waals surface area (Å²) in [6.45, 7) is 4.43. The van der Waals surface area contributed by atoms with Gasteiger partial charge in [0.15, 0.2) is 0 Å². The van der Waals surface area contributed by atoms with Crippen molar-refractivity contribution < 1.29 is 15.7 Å². The minimum Gasteiger partial charge on any atom is -0.381 e. The van der Waals surface area contributed by atoms with Gasteiger partial charge in [-0.05, 0) is 31.3 Å². The fraction of sp³-hybridized carbons (Fsp3) is 0.625. The minimum absolute atomic E-state index is 0.109. The number of carbonyl (C=O) groups is 2. The van der Waals surface area contributed by atoms with E-state index < -0.39 is 0 Å². The van der Waals surface area contributed by atoms with E-state index in [9.17, 15) is 9.59 Å². The summed E-state index contributed by atoms with van der Waals surface area (Å²) in [6, 6.07) is -0.148. The van der Waals surface area contributed by atoms with Crippen LogP contribution in [0.5, 0.6) is 0 Å². The first-order chi connectivity index (χ1) is 11.6. The quantitative estimate of drug-likeness (QED) is 0.771. The van der Waals surface area contributed by atoms with Gasteiger partial charge in [0.2, 0.25) is 0 Å². The van der Waals surface area contributed by atoms with Crippen LogP contribution in [0.25, 0.3) is 0 Å². The van der Waals surface area contributed by atoms with E-state index in [-0.39, 0.29) is 17.9 Å². The zero-order valence-corrected chi connectivity index (χ0v) is 13.2. The van der Waals surface area contributed by atoms with Crippen LogP contribution in [0.15, 0.2) is 23.2 Å². The van der Waals surface area contributed by atoms with E-state index in [2.05, 4.69) is 5.32 Å². The SMILES string of the molecule is [2H]N1C(CC)C=C2NC3=C(CN(CC4CCOCC4)C3=O)C(=O)N21. The maximum Gasteiger partial charge on any atom is 0.274 e. The lowest BCUT2D eigenvalue weighted by Gasteiger charge is -2.27. The molecule has 4 aliphatic rings. The lowest BCUT2D eigenvalue weighted by atomic mass is 10.00. The van der Waals surface area contributed by atoms with E-state index in [0.717, 1.165) is 32.5 Å². The zero-order valence-electron chi connectivity index (χ0n) is 14.2. The van der Waals surface area contributed by atoms with Crippen molar-refractivity contribution in [1.29, 1.82) is 0 Å². The highest BCUT2D eigenvalue weighted by Crippen LogP contribution is 2.29. The molecule has 0 bridgehead atoms. The molecule has 4 rings (SSSR count). The molecule has 23 heavy (non-hydrogen) atoms. The van der Waals surface area contributed by atoms with E-state index in [1.165, 1.54) is 10.4 Å². The van der Waals surface area contributed by atoms with Crippen LogP contribution in [0.1, 0.15) is 26.2 Å². The monoisotopic (exact) mass is 319 g/mol. The third-order valence-electron chi connectivity index (χ3n) is 4.94. The molecule has 0 aromatic heterocycles. The van der Waals surface area contributed by atoms with Crippen molar-refractivity contribution in [2.24, 2.45) is 5.92 Å². The molecule has 124 valence electrons. The average molecular weight is 319 g/mol. The van der Waals surface area contributed by atoms with Gasteiger partial charge >= 0.3 is 0 Å². The van der Waals surface area contributed by atoms with Gasteiger partial charge in [-0.1, -0.05) is 6.92 Å². The summed E-state index contributed by atoms with van der Waals surface area (Å²) in [6.07, 6.45) is 4.47. The Labute approximate surface area is 136 Å². The summed E-state index contributed by atoms with van der Waals surface area (Å²) < 4.78 is 13.5. The Bertz CT molecular complexity index is 641. The zero-order chi connectivity index (χ0) is 16.8. The summed E-state index contributed by atoms with van der Waals surface area (Å²) in [5, 5.41) is 4.42. The van der Waals surface area contributed by atoms with Crippen LogP contribution in [-0.4, -0.2) is 54.1 Å².